The molecule has 0 spiro atoms. The van der Waals surface area contributed by atoms with Crippen molar-refractivity contribution in [1.29, 1.82) is 0 Å². The van der Waals surface area contributed by atoms with Crippen LogP contribution in [0, 0.1) is 0 Å². The minimum absolute atomic E-state index is 0.155. The van der Waals surface area contributed by atoms with E-state index in [0.717, 1.165) is 22.8 Å². The molecule has 35 heavy (non-hydrogen) atoms. The maximum Gasteiger partial charge on any atom is 0.174 e. The van der Waals surface area contributed by atoms with Crippen molar-refractivity contribution in [1.82, 2.24) is 14.9 Å². The number of thiocarbonyl (C=S) groups is 1. The van der Waals surface area contributed by atoms with E-state index < -0.39 is 0 Å². The maximum atomic E-state index is 6.61. The lowest BCUT2D eigenvalue weighted by atomic mass is 10.0. The quantitative estimate of drug-likeness (QED) is 0.244. The first kappa shape index (κ1) is 23.4. The standard InChI is InChI=1S/C27H25ClN4O2S/c1-33-16-17-34-24-13-12-20(18-21(24)28)32-26(25(30-27(32)35)22-10-5-6-14-29-22)23-11-7-15-31(23)19-8-3-2-4-9-19/h2-15,18,25-26H,16-17H2,1H3,(H,30,35)/t25-,26+/m0/s1. The van der Waals surface area contributed by atoms with Crippen molar-refractivity contribution in [2.45, 2.75) is 12.1 Å². The summed E-state index contributed by atoms with van der Waals surface area (Å²) in [7, 11) is 1.64. The fourth-order valence-electron chi connectivity index (χ4n) is 4.38. The number of nitrogens with one attached hydrogen (secondary N) is 1. The van der Waals surface area contributed by atoms with E-state index in [9.17, 15) is 0 Å². The summed E-state index contributed by atoms with van der Waals surface area (Å²) in [5, 5.41) is 4.62. The van der Waals surface area contributed by atoms with Crippen LogP contribution in [0.2, 0.25) is 5.02 Å². The SMILES string of the molecule is COCCOc1ccc(N2C(=S)N[C@@H](c3ccccn3)[C@H]2c2cccn2-c2ccccc2)cc1Cl. The Labute approximate surface area is 215 Å². The van der Waals surface area contributed by atoms with Crippen LogP contribution in [-0.4, -0.2) is 35.0 Å². The summed E-state index contributed by atoms with van der Waals surface area (Å²) in [6, 6.07) is 25.8. The van der Waals surface area contributed by atoms with Gasteiger partial charge >= 0.3 is 0 Å². The summed E-state index contributed by atoms with van der Waals surface area (Å²) in [5.74, 6) is 0.607. The molecule has 4 aromatic rings. The topological polar surface area (TPSA) is 51.6 Å². The van der Waals surface area contributed by atoms with Gasteiger partial charge in [-0.1, -0.05) is 35.9 Å². The van der Waals surface area contributed by atoms with Crippen LogP contribution in [0.4, 0.5) is 5.69 Å². The van der Waals surface area contributed by atoms with Crippen LogP contribution in [0.5, 0.6) is 5.75 Å². The van der Waals surface area contributed by atoms with E-state index in [1.807, 2.05) is 54.6 Å². The van der Waals surface area contributed by atoms with Gasteiger partial charge in [-0.3, -0.25) is 4.98 Å². The van der Waals surface area contributed by atoms with Crippen molar-refractivity contribution in [3.63, 3.8) is 0 Å². The van der Waals surface area contributed by atoms with Gasteiger partial charge in [0.15, 0.2) is 5.11 Å². The monoisotopic (exact) mass is 504 g/mol. The molecule has 6 nitrogen and oxygen atoms in total. The van der Waals surface area contributed by atoms with E-state index in [4.69, 9.17) is 33.3 Å². The fraction of sp³-hybridized carbons (Fsp3) is 0.185. The maximum absolute atomic E-state index is 6.61. The van der Waals surface area contributed by atoms with Crippen LogP contribution in [0.1, 0.15) is 23.5 Å². The second kappa shape index (κ2) is 10.5. The Morgan fingerprint density at radius 1 is 0.971 bits per heavy atom. The third kappa shape index (κ3) is 4.75. The van der Waals surface area contributed by atoms with Gasteiger partial charge < -0.3 is 24.3 Å². The minimum atomic E-state index is -0.163. The highest BCUT2D eigenvalue weighted by molar-refractivity contribution is 7.80. The van der Waals surface area contributed by atoms with Gasteiger partial charge in [-0.15, -0.1) is 0 Å². The zero-order chi connectivity index (χ0) is 24.2. The Bertz CT molecular complexity index is 1300. The lowest BCUT2D eigenvalue weighted by Crippen LogP contribution is -2.30. The largest absolute Gasteiger partial charge is 0.490 e. The first-order chi connectivity index (χ1) is 17.2. The molecule has 1 saturated heterocycles. The summed E-state index contributed by atoms with van der Waals surface area (Å²) in [4.78, 5) is 6.75. The zero-order valence-electron chi connectivity index (χ0n) is 19.2. The molecule has 1 aliphatic rings. The molecule has 2 aromatic carbocycles. The summed E-state index contributed by atoms with van der Waals surface area (Å²) < 4.78 is 13.0. The Hall–Kier alpha value is -3.39. The van der Waals surface area contributed by atoms with Gasteiger partial charge in [0.05, 0.1) is 23.4 Å². The van der Waals surface area contributed by atoms with Crippen LogP contribution in [-0.2, 0) is 4.74 Å². The third-order valence-corrected chi connectivity index (χ3v) is 6.56. The summed E-state index contributed by atoms with van der Waals surface area (Å²) >= 11 is 12.5. The second-order valence-corrected chi connectivity index (χ2v) is 8.89. The Balaban J connectivity index is 1.58. The number of hydrogen-bond acceptors (Lipinski definition) is 4. The van der Waals surface area contributed by atoms with Gasteiger partial charge in [0.25, 0.3) is 0 Å². The average Bonchev–Trinajstić information content (AvgIpc) is 3.50. The van der Waals surface area contributed by atoms with Gasteiger partial charge in [-0.05, 0) is 66.8 Å². The average molecular weight is 505 g/mol. The van der Waals surface area contributed by atoms with Crippen molar-refractivity contribution in [3.8, 4) is 11.4 Å². The normalized spacial score (nSPS) is 17.4. The van der Waals surface area contributed by atoms with E-state index in [0.29, 0.717) is 29.1 Å². The lowest BCUT2D eigenvalue weighted by molar-refractivity contribution is 0.146. The number of rotatable bonds is 8. The van der Waals surface area contributed by atoms with E-state index in [-0.39, 0.29) is 12.1 Å². The summed E-state index contributed by atoms with van der Waals surface area (Å²) in [6.45, 7) is 0.913. The van der Waals surface area contributed by atoms with Crippen molar-refractivity contribution >= 4 is 34.6 Å². The number of nitrogens with zero attached hydrogens (tertiary/aromatic N) is 3. The van der Waals surface area contributed by atoms with E-state index in [2.05, 4.69) is 50.2 Å². The zero-order valence-corrected chi connectivity index (χ0v) is 20.7. The first-order valence-electron chi connectivity index (χ1n) is 11.3. The number of aromatic nitrogens is 2. The number of pyridine rings is 1. The highest BCUT2D eigenvalue weighted by atomic mass is 35.5. The molecule has 0 unspecified atom stereocenters. The molecule has 1 fully saturated rings. The van der Waals surface area contributed by atoms with E-state index in [1.165, 1.54) is 0 Å². The fourth-order valence-corrected chi connectivity index (χ4v) is 4.96. The predicted octanol–water partition coefficient (Wildman–Crippen LogP) is 5.73. The number of anilines is 1. The van der Waals surface area contributed by atoms with E-state index in [1.54, 1.807) is 13.3 Å². The van der Waals surface area contributed by atoms with Crippen LogP contribution >= 0.6 is 23.8 Å². The van der Waals surface area contributed by atoms with Crippen LogP contribution in [0.15, 0.2) is 91.3 Å². The molecule has 0 bridgehead atoms. The third-order valence-electron chi connectivity index (χ3n) is 5.95. The van der Waals surface area contributed by atoms with Crippen LogP contribution in [0.3, 0.4) is 0 Å². The number of hydrogen-bond donors (Lipinski definition) is 1. The van der Waals surface area contributed by atoms with Gasteiger partial charge in [0, 0.05) is 36.6 Å². The number of methoxy groups -OCH3 is 1. The molecule has 1 N–H and O–H groups in total. The van der Waals surface area contributed by atoms with E-state index >= 15 is 0 Å². The Morgan fingerprint density at radius 2 is 1.80 bits per heavy atom. The van der Waals surface area contributed by atoms with Crippen LogP contribution in [0.25, 0.3) is 5.69 Å². The molecule has 0 aliphatic carbocycles. The lowest BCUT2D eigenvalue weighted by Gasteiger charge is -2.29. The predicted molar refractivity (Wildman–Crippen MR) is 143 cm³/mol. The van der Waals surface area contributed by atoms with Gasteiger partial charge in [-0.2, -0.15) is 0 Å². The highest BCUT2D eigenvalue weighted by Crippen LogP contribution is 2.43. The summed E-state index contributed by atoms with van der Waals surface area (Å²) in [5.41, 5.74) is 3.94. The summed E-state index contributed by atoms with van der Waals surface area (Å²) in [6.07, 6.45) is 3.87. The minimum Gasteiger partial charge on any atom is -0.490 e. The Kier molecular flexibility index (Phi) is 6.99. The van der Waals surface area contributed by atoms with Crippen molar-refractivity contribution in [2.24, 2.45) is 0 Å². The Morgan fingerprint density at radius 3 is 2.54 bits per heavy atom. The number of benzene rings is 2. The molecular formula is C27H25ClN4O2S. The van der Waals surface area contributed by atoms with Gasteiger partial charge in [0.1, 0.15) is 18.4 Å². The van der Waals surface area contributed by atoms with Crippen LogP contribution < -0.4 is 15.0 Å². The molecule has 1 aliphatic heterocycles. The molecular weight excluding hydrogens is 480 g/mol. The number of halogens is 1. The van der Waals surface area contributed by atoms with Crippen molar-refractivity contribution in [2.75, 3.05) is 25.2 Å². The molecule has 2 atom stereocenters. The van der Waals surface area contributed by atoms with Crippen molar-refractivity contribution < 1.29 is 9.47 Å². The van der Waals surface area contributed by atoms with Gasteiger partial charge in [0.2, 0.25) is 0 Å². The molecule has 0 saturated carbocycles. The number of para-hydroxylation sites is 1. The smallest absolute Gasteiger partial charge is 0.174 e. The molecule has 0 amide bonds. The molecule has 8 heteroatoms. The molecule has 178 valence electrons. The molecule has 3 heterocycles. The highest BCUT2D eigenvalue weighted by Gasteiger charge is 2.42. The molecule has 2 aromatic heterocycles. The second-order valence-electron chi connectivity index (χ2n) is 8.09. The molecule has 0 radical (unpaired) electrons. The van der Waals surface area contributed by atoms with Gasteiger partial charge in [-0.25, -0.2) is 0 Å². The van der Waals surface area contributed by atoms with Crippen molar-refractivity contribution in [3.05, 3.63) is 108 Å². The first-order valence-corrected chi connectivity index (χ1v) is 12.1. The molecule has 5 rings (SSSR count). The number of ether oxygens (including phenoxy) is 2.